The average molecular weight is 372 g/mol. The molecule has 0 atom stereocenters. The van der Waals surface area contributed by atoms with Crippen molar-refractivity contribution in [2.24, 2.45) is 11.8 Å². The van der Waals surface area contributed by atoms with Crippen LogP contribution in [0.5, 0.6) is 0 Å². The normalized spacial score (nSPS) is 16.4. The van der Waals surface area contributed by atoms with Crippen LogP contribution in [-0.2, 0) is 6.54 Å². The van der Waals surface area contributed by atoms with E-state index in [0.29, 0.717) is 23.9 Å². The van der Waals surface area contributed by atoms with E-state index in [0.717, 1.165) is 37.4 Å². The average Bonchev–Trinajstić information content (AvgIpc) is 2.65. The summed E-state index contributed by atoms with van der Waals surface area (Å²) in [5, 5.41) is 0. The molecule has 0 amide bonds. The minimum Gasteiger partial charge on any atom is -0.299 e. The van der Waals surface area contributed by atoms with Crippen molar-refractivity contribution in [2.45, 2.75) is 53.0 Å². The van der Waals surface area contributed by atoms with Crippen molar-refractivity contribution < 1.29 is 8.78 Å². The Bertz CT molecular complexity index is 751. The highest BCUT2D eigenvalue weighted by molar-refractivity contribution is 5.65. The molecule has 1 aliphatic rings. The maximum atomic E-state index is 14.7. The number of benzene rings is 2. The van der Waals surface area contributed by atoms with Crippen LogP contribution in [0.3, 0.4) is 0 Å². The fourth-order valence-electron chi connectivity index (χ4n) is 4.00. The molecule has 0 N–H and O–H groups in total. The highest BCUT2D eigenvalue weighted by Gasteiger charge is 2.23. The Balaban J connectivity index is 1.77. The lowest BCUT2D eigenvalue weighted by Crippen LogP contribution is -2.35. The molecule has 0 saturated carbocycles. The second-order valence-electron chi connectivity index (χ2n) is 8.56. The fraction of sp³-hybridized carbons (Fsp3) is 0.500. The van der Waals surface area contributed by atoms with Gasteiger partial charge in [0.15, 0.2) is 0 Å². The molecule has 27 heavy (non-hydrogen) atoms. The highest BCUT2D eigenvalue weighted by atomic mass is 19.1. The number of hydrogen-bond donors (Lipinski definition) is 0. The number of likely N-dealkylation sites (tertiary alicyclic amines) is 1. The van der Waals surface area contributed by atoms with Gasteiger partial charge in [0.05, 0.1) is 0 Å². The first-order valence-corrected chi connectivity index (χ1v) is 10.2. The lowest BCUT2D eigenvalue weighted by Gasteiger charge is -2.34. The monoisotopic (exact) mass is 371 g/mol. The minimum atomic E-state index is -0.439. The van der Waals surface area contributed by atoms with Gasteiger partial charge in [-0.1, -0.05) is 52.0 Å². The maximum absolute atomic E-state index is 14.7. The van der Waals surface area contributed by atoms with Crippen LogP contribution in [0.2, 0.25) is 0 Å². The molecule has 1 fully saturated rings. The van der Waals surface area contributed by atoms with E-state index in [4.69, 9.17) is 0 Å². The molecule has 2 aromatic rings. The topological polar surface area (TPSA) is 3.24 Å². The number of nitrogens with zero attached hydrogens (tertiary/aromatic N) is 1. The summed E-state index contributed by atoms with van der Waals surface area (Å²) in [5.74, 6) is 0.914. The van der Waals surface area contributed by atoms with Gasteiger partial charge in [-0.2, -0.15) is 0 Å². The van der Waals surface area contributed by atoms with Crippen molar-refractivity contribution >= 4 is 0 Å². The Morgan fingerprint density at radius 2 is 1.56 bits per heavy atom. The van der Waals surface area contributed by atoms with Gasteiger partial charge in [-0.3, -0.25) is 4.90 Å². The molecule has 146 valence electrons. The maximum Gasteiger partial charge on any atom is 0.131 e. The Hall–Kier alpha value is -1.74. The van der Waals surface area contributed by atoms with Gasteiger partial charge in [0.2, 0.25) is 0 Å². The Kier molecular flexibility index (Phi) is 6.31. The number of hydrogen-bond acceptors (Lipinski definition) is 1. The van der Waals surface area contributed by atoms with Gasteiger partial charge in [0, 0.05) is 12.1 Å². The van der Waals surface area contributed by atoms with Crippen LogP contribution in [0, 0.1) is 23.5 Å². The van der Waals surface area contributed by atoms with Crippen molar-refractivity contribution in [1.82, 2.24) is 4.90 Å². The molecule has 2 aromatic carbocycles. The first-order chi connectivity index (χ1) is 12.8. The predicted octanol–water partition coefficient (Wildman–Crippen LogP) is 6.62. The smallest absolute Gasteiger partial charge is 0.131 e. The van der Waals surface area contributed by atoms with Gasteiger partial charge in [0.1, 0.15) is 11.6 Å². The van der Waals surface area contributed by atoms with E-state index in [1.165, 1.54) is 17.7 Å². The van der Waals surface area contributed by atoms with Crippen LogP contribution in [0.4, 0.5) is 8.78 Å². The Morgan fingerprint density at radius 3 is 2.11 bits per heavy atom. The summed E-state index contributed by atoms with van der Waals surface area (Å²) in [7, 11) is 0. The predicted molar refractivity (Wildman–Crippen MR) is 109 cm³/mol. The van der Waals surface area contributed by atoms with Crippen molar-refractivity contribution in [3.63, 3.8) is 0 Å². The zero-order chi connectivity index (χ0) is 19.6. The number of rotatable bonds is 5. The summed E-state index contributed by atoms with van der Waals surface area (Å²) in [4.78, 5) is 2.18. The number of halogens is 2. The van der Waals surface area contributed by atoms with Gasteiger partial charge in [-0.15, -0.1) is 0 Å². The largest absolute Gasteiger partial charge is 0.299 e. The van der Waals surface area contributed by atoms with Crippen LogP contribution >= 0.6 is 0 Å². The molecule has 1 heterocycles. The number of piperidine rings is 1. The molecule has 0 radical (unpaired) electrons. The van der Waals surface area contributed by atoms with Gasteiger partial charge >= 0.3 is 0 Å². The summed E-state index contributed by atoms with van der Waals surface area (Å²) in [6.07, 6.45) is 2.22. The Morgan fingerprint density at radius 1 is 0.926 bits per heavy atom. The third-order valence-electron chi connectivity index (χ3n) is 5.98. The van der Waals surface area contributed by atoms with Crippen molar-refractivity contribution in [1.29, 1.82) is 0 Å². The lowest BCUT2D eigenvalue weighted by atomic mass is 9.86. The van der Waals surface area contributed by atoms with E-state index in [1.54, 1.807) is 0 Å². The van der Waals surface area contributed by atoms with Crippen molar-refractivity contribution in [3.05, 3.63) is 59.2 Å². The second-order valence-corrected chi connectivity index (χ2v) is 8.56. The van der Waals surface area contributed by atoms with Crippen LogP contribution in [0.15, 0.2) is 36.4 Å². The first-order valence-electron chi connectivity index (χ1n) is 10.2. The summed E-state index contributed by atoms with van der Waals surface area (Å²) in [6, 6.07) is 10.9. The van der Waals surface area contributed by atoms with Crippen molar-refractivity contribution in [2.75, 3.05) is 13.1 Å². The van der Waals surface area contributed by atoms with Crippen molar-refractivity contribution in [3.8, 4) is 11.1 Å². The van der Waals surface area contributed by atoms with E-state index in [-0.39, 0.29) is 5.56 Å². The van der Waals surface area contributed by atoms with E-state index in [2.05, 4.69) is 38.7 Å². The molecule has 1 aliphatic heterocycles. The highest BCUT2D eigenvalue weighted by Crippen LogP contribution is 2.29. The van der Waals surface area contributed by atoms with Gasteiger partial charge in [0.25, 0.3) is 0 Å². The summed E-state index contributed by atoms with van der Waals surface area (Å²) >= 11 is 0. The first kappa shape index (κ1) is 20.0. The second kappa shape index (κ2) is 8.52. The molecule has 3 rings (SSSR count). The molecule has 0 bridgehead atoms. The van der Waals surface area contributed by atoms with E-state index < -0.39 is 11.6 Å². The standard InChI is InChI=1S/C24H31F2N/c1-16(2)18-8-10-27(11-9-18)15-22-23(25)13-21(14-24(22)26)20-7-5-6-19(12-20)17(3)4/h5-7,12-14,16-18H,8-11,15H2,1-4H3. The third kappa shape index (κ3) is 4.76. The van der Waals surface area contributed by atoms with E-state index in [9.17, 15) is 8.78 Å². The summed E-state index contributed by atoms with van der Waals surface area (Å²) < 4.78 is 29.5. The molecule has 0 spiro atoms. The van der Waals surface area contributed by atoms with Crippen LogP contribution in [0.25, 0.3) is 11.1 Å². The SMILES string of the molecule is CC(C)c1cccc(-c2cc(F)c(CN3CCC(C(C)C)CC3)c(F)c2)c1. The molecule has 1 saturated heterocycles. The van der Waals surface area contributed by atoms with Crippen LogP contribution < -0.4 is 0 Å². The molecule has 1 nitrogen and oxygen atoms in total. The fourth-order valence-corrected chi connectivity index (χ4v) is 4.00. The lowest BCUT2D eigenvalue weighted by molar-refractivity contribution is 0.149. The quantitative estimate of drug-likeness (QED) is 0.570. The zero-order valence-electron chi connectivity index (χ0n) is 16.9. The molecule has 0 aromatic heterocycles. The Labute approximate surface area is 162 Å². The van der Waals surface area contributed by atoms with E-state index >= 15 is 0 Å². The third-order valence-corrected chi connectivity index (χ3v) is 5.98. The van der Waals surface area contributed by atoms with Gasteiger partial charge in [-0.05, 0) is 72.5 Å². The van der Waals surface area contributed by atoms with E-state index in [1.807, 2.05) is 18.2 Å². The summed E-state index contributed by atoms with van der Waals surface area (Å²) in [5.41, 5.74) is 2.84. The molecule has 3 heteroatoms. The van der Waals surface area contributed by atoms with Crippen LogP contribution in [0.1, 0.15) is 57.6 Å². The van der Waals surface area contributed by atoms with Gasteiger partial charge < -0.3 is 0 Å². The minimum absolute atomic E-state index is 0.196. The molecule has 0 aliphatic carbocycles. The molecular formula is C24H31F2N. The summed E-state index contributed by atoms with van der Waals surface area (Å²) in [6.45, 7) is 10.9. The molecule has 0 unspecified atom stereocenters. The van der Waals surface area contributed by atoms with Gasteiger partial charge in [-0.25, -0.2) is 8.78 Å². The molecular weight excluding hydrogens is 340 g/mol. The van der Waals surface area contributed by atoms with Crippen LogP contribution in [-0.4, -0.2) is 18.0 Å². The zero-order valence-corrected chi connectivity index (χ0v) is 16.9.